The molecular formula is C41H53ClN8O8. The van der Waals surface area contributed by atoms with Gasteiger partial charge in [-0.15, -0.1) is 0 Å². The number of amides is 7. The Kier molecular flexibility index (Phi) is 13.1. The number of Topliss-reactive ketones (excluding diaryl/α,β-unsaturated/α-hetero) is 1. The van der Waals surface area contributed by atoms with Crippen LogP contribution in [0.1, 0.15) is 50.7 Å². The second-order valence-corrected chi connectivity index (χ2v) is 16.7. The number of piperazine rings is 1. The Morgan fingerprint density at radius 2 is 1.64 bits per heavy atom. The highest BCUT2D eigenvalue weighted by molar-refractivity contribution is 6.30. The zero-order valence-electron chi connectivity index (χ0n) is 33.3. The van der Waals surface area contributed by atoms with Crippen LogP contribution in [0.5, 0.6) is 0 Å². The number of likely N-dealkylation sites (N-methyl/N-ethyl adjacent to an activating group) is 1. The molecule has 4 aliphatic rings. The lowest BCUT2D eigenvalue weighted by Crippen LogP contribution is -2.65. The van der Waals surface area contributed by atoms with Crippen LogP contribution >= 0.6 is 11.6 Å². The fraction of sp³-hybridized carbons (Fsp3) is 0.537. The number of carbonyl (C=O) groups is 7. The van der Waals surface area contributed by atoms with E-state index in [4.69, 9.17) is 11.6 Å². The monoisotopic (exact) mass is 820 g/mol. The third kappa shape index (κ3) is 9.45. The zero-order chi connectivity index (χ0) is 41.9. The van der Waals surface area contributed by atoms with Gasteiger partial charge in [0.15, 0.2) is 5.78 Å². The summed E-state index contributed by atoms with van der Waals surface area (Å²) in [6, 6.07) is 7.70. The van der Waals surface area contributed by atoms with Crippen LogP contribution in [-0.2, 0) is 35.2 Å². The van der Waals surface area contributed by atoms with Crippen LogP contribution in [0.15, 0.2) is 48.5 Å². The average Bonchev–Trinajstić information content (AvgIpc) is 3.46. The van der Waals surface area contributed by atoms with Crippen molar-refractivity contribution < 1.29 is 38.7 Å². The van der Waals surface area contributed by atoms with Gasteiger partial charge < -0.3 is 46.0 Å². The number of rotatable bonds is 12. The number of aryl methyl sites for hydroxylation is 1. The van der Waals surface area contributed by atoms with E-state index in [1.807, 2.05) is 50.1 Å². The lowest BCUT2D eigenvalue weighted by Gasteiger charge is -2.41. The number of nitrogens with one attached hydrogen (secondary N) is 4. The van der Waals surface area contributed by atoms with Crippen molar-refractivity contribution in [3.8, 4) is 0 Å². The summed E-state index contributed by atoms with van der Waals surface area (Å²) < 4.78 is 0. The summed E-state index contributed by atoms with van der Waals surface area (Å²) in [6.07, 6.45) is 1.79. The van der Waals surface area contributed by atoms with E-state index < -0.39 is 72.0 Å². The normalized spacial score (nSPS) is 24.6. The highest BCUT2D eigenvalue weighted by Gasteiger charge is 2.63. The second-order valence-electron chi connectivity index (χ2n) is 16.2. The van der Waals surface area contributed by atoms with Crippen molar-refractivity contribution in [2.24, 2.45) is 5.92 Å². The van der Waals surface area contributed by atoms with Crippen LogP contribution in [0.2, 0.25) is 5.02 Å². The van der Waals surface area contributed by atoms with Gasteiger partial charge in [-0.2, -0.15) is 0 Å². The summed E-state index contributed by atoms with van der Waals surface area (Å²) >= 11 is 5.97. The van der Waals surface area contributed by atoms with Crippen molar-refractivity contribution in [3.63, 3.8) is 0 Å². The highest BCUT2D eigenvalue weighted by Crippen LogP contribution is 2.48. The van der Waals surface area contributed by atoms with Crippen molar-refractivity contribution in [1.29, 1.82) is 0 Å². The largest absolute Gasteiger partial charge is 0.394 e. The summed E-state index contributed by atoms with van der Waals surface area (Å²) in [7, 11) is 1.83. The molecule has 0 radical (unpaired) electrons. The molecule has 6 rings (SSSR count). The molecule has 2 aromatic rings. The van der Waals surface area contributed by atoms with Crippen molar-refractivity contribution >= 4 is 58.6 Å². The molecule has 1 aliphatic carbocycles. The molecule has 3 heterocycles. The first-order valence-electron chi connectivity index (χ1n) is 19.8. The Labute approximate surface area is 343 Å². The SMILES string of the molecule is Cc1cccc(C[C@H](NC(=O)Nc2ccc(Cl)cc2)C(=O)N[C@@H](CO)C(=O)N2CCC[C@H]2C(=O)N2CCN(C)C[C@H]2C(=O)N[C@@H](C)C(=O)N2C[C@H](C)C[C@@]23CC3=O)c1. The van der Waals surface area contributed by atoms with Crippen LogP contribution in [0.3, 0.4) is 0 Å². The minimum absolute atomic E-state index is 0.0319. The summed E-state index contributed by atoms with van der Waals surface area (Å²) in [4.78, 5) is 101. The molecule has 5 N–H and O–H groups in total. The number of hydrogen-bond acceptors (Lipinski definition) is 9. The summed E-state index contributed by atoms with van der Waals surface area (Å²) in [5.41, 5.74) is 1.37. The Morgan fingerprint density at radius 1 is 0.914 bits per heavy atom. The summed E-state index contributed by atoms with van der Waals surface area (Å²) in [5, 5.41) is 21.7. The maximum Gasteiger partial charge on any atom is 0.319 e. The number of anilines is 1. The van der Waals surface area contributed by atoms with E-state index in [9.17, 15) is 38.7 Å². The molecule has 58 heavy (non-hydrogen) atoms. The van der Waals surface area contributed by atoms with E-state index in [1.54, 1.807) is 36.1 Å². The molecule has 2 aromatic carbocycles. The van der Waals surface area contributed by atoms with Crippen molar-refractivity contribution in [3.05, 3.63) is 64.7 Å². The molecule has 17 heteroatoms. The number of urea groups is 1. The Bertz CT molecular complexity index is 1930. The molecule has 0 bridgehead atoms. The standard InChI is InChI=1S/C41H53ClN8O8/c1-24-7-5-8-27(17-24)18-30(46-40(58)44-29-12-10-28(42)11-13-29)35(53)45-31(23-51)38(56)48-14-6-9-32(48)39(57)49-16-15-47(4)22-33(49)36(54)43-26(3)37(55)50-21-25(2)19-41(50)20-34(41)52/h5,7-8,10-13,17,25-26,30-33,51H,6,9,14-16,18-23H2,1-4H3,(H,43,54)(H,45,53)(H2,44,46,58)/t25-,26+,30+,31+,32+,33+,41+/m1/s1. The molecule has 3 saturated heterocycles. The molecule has 1 saturated carbocycles. The van der Waals surface area contributed by atoms with Crippen LogP contribution in [0, 0.1) is 12.8 Å². The lowest BCUT2D eigenvalue weighted by molar-refractivity contribution is -0.152. The van der Waals surface area contributed by atoms with Crippen LogP contribution in [0.4, 0.5) is 10.5 Å². The van der Waals surface area contributed by atoms with Gasteiger partial charge in [0.25, 0.3) is 0 Å². The van der Waals surface area contributed by atoms with Gasteiger partial charge in [-0.25, -0.2) is 4.79 Å². The van der Waals surface area contributed by atoms with Crippen molar-refractivity contribution in [1.82, 2.24) is 35.6 Å². The van der Waals surface area contributed by atoms with Gasteiger partial charge in [0.1, 0.15) is 35.7 Å². The maximum atomic E-state index is 14.3. The molecule has 7 amide bonds. The van der Waals surface area contributed by atoms with Crippen molar-refractivity contribution in [2.75, 3.05) is 51.7 Å². The number of aliphatic hydroxyl groups is 1. The molecule has 312 valence electrons. The van der Waals surface area contributed by atoms with Gasteiger partial charge in [0, 0.05) is 56.3 Å². The molecule has 0 aromatic heterocycles. The number of ketones is 1. The topological polar surface area (TPSA) is 201 Å². The quantitative estimate of drug-likeness (QED) is 0.208. The number of carbonyl (C=O) groups excluding carboxylic acids is 7. The van der Waals surface area contributed by atoms with Gasteiger partial charge in [-0.3, -0.25) is 28.8 Å². The molecule has 0 unspecified atom stereocenters. The van der Waals surface area contributed by atoms with Crippen LogP contribution in [-0.4, -0.2) is 148 Å². The van der Waals surface area contributed by atoms with Crippen LogP contribution < -0.4 is 21.3 Å². The van der Waals surface area contributed by atoms with Crippen LogP contribution in [0.25, 0.3) is 0 Å². The molecule has 4 fully saturated rings. The summed E-state index contributed by atoms with van der Waals surface area (Å²) in [5.74, 6) is -2.51. The fourth-order valence-electron chi connectivity index (χ4n) is 8.48. The molecule has 1 spiro atoms. The van der Waals surface area contributed by atoms with Gasteiger partial charge in [-0.1, -0.05) is 48.4 Å². The highest BCUT2D eigenvalue weighted by atomic mass is 35.5. The Balaban J connectivity index is 1.12. The minimum Gasteiger partial charge on any atom is -0.394 e. The van der Waals surface area contributed by atoms with Gasteiger partial charge >= 0.3 is 6.03 Å². The third-order valence-corrected chi connectivity index (χ3v) is 11.8. The van der Waals surface area contributed by atoms with E-state index in [0.29, 0.717) is 49.5 Å². The Morgan fingerprint density at radius 3 is 2.31 bits per heavy atom. The van der Waals surface area contributed by atoms with Gasteiger partial charge in [0.05, 0.1) is 6.61 Å². The molecule has 7 atom stereocenters. The zero-order valence-corrected chi connectivity index (χ0v) is 34.1. The average molecular weight is 821 g/mol. The second kappa shape index (κ2) is 17.8. The van der Waals surface area contributed by atoms with Crippen molar-refractivity contribution in [2.45, 2.75) is 88.6 Å². The van der Waals surface area contributed by atoms with E-state index in [-0.39, 0.29) is 43.7 Å². The molecule has 16 nitrogen and oxygen atoms in total. The first kappa shape index (κ1) is 42.5. The molecular weight excluding hydrogens is 768 g/mol. The fourth-order valence-corrected chi connectivity index (χ4v) is 8.61. The maximum absolute atomic E-state index is 14.3. The number of nitrogens with zero attached hydrogens (tertiary/aromatic N) is 4. The smallest absolute Gasteiger partial charge is 0.319 e. The third-order valence-electron chi connectivity index (χ3n) is 11.6. The first-order valence-corrected chi connectivity index (χ1v) is 20.2. The number of hydrogen-bond donors (Lipinski definition) is 5. The van der Waals surface area contributed by atoms with E-state index >= 15 is 0 Å². The van der Waals surface area contributed by atoms with E-state index in [2.05, 4.69) is 21.3 Å². The minimum atomic E-state index is -1.43. The number of halogens is 1. The first-order chi connectivity index (χ1) is 27.6. The van der Waals surface area contributed by atoms with E-state index in [0.717, 1.165) is 11.1 Å². The molecule has 3 aliphatic heterocycles. The predicted molar refractivity (Wildman–Crippen MR) is 214 cm³/mol. The predicted octanol–water partition coefficient (Wildman–Crippen LogP) is 1.08. The van der Waals surface area contributed by atoms with Gasteiger partial charge in [-0.05, 0) is 75.9 Å². The van der Waals surface area contributed by atoms with E-state index in [1.165, 1.54) is 9.80 Å². The number of benzene rings is 2. The number of likely N-dealkylation sites (tertiary alicyclic amines) is 2. The summed E-state index contributed by atoms with van der Waals surface area (Å²) in [6.45, 7) is 6.17. The van der Waals surface area contributed by atoms with Gasteiger partial charge in [0.2, 0.25) is 29.5 Å². The lowest BCUT2D eigenvalue weighted by atomic mass is 10.0. The Hall–Kier alpha value is -5.06. The number of aliphatic hydroxyl groups excluding tert-OH is 1.